The zero-order valence-corrected chi connectivity index (χ0v) is 19.3. The summed E-state index contributed by atoms with van der Waals surface area (Å²) >= 11 is 0. The van der Waals surface area contributed by atoms with Crippen LogP contribution in [0.4, 0.5) is 4.39 Å². The third-order valence-electron chi connectivity index (χ3n) is 6.57. The zero-order chi connectivity index (χ0) is 21.2. The van der Waals surface area contributed by atoms with Crippen molar-refractivity contribution in [2.75, 3.05) is 0 Å². The zero-order valence-electron chi connectivity index (χ0n) is 19.3. The Morgan fingerprint density at radius 1 is 0.929 bits per heavy atom. The van der Waals surface area contributed by atoms with Gasteiger partial charge in [0.1, 0.15) is 5.82 Å². The Balaban J connectivity index is 2.78. The third-order valence-corrected chi connectivity index (χ3v) is 6.57. The van der Waals surface area contributed by atoms with E-state index in [1.807, 2.05) is 6.07 Å². The molecule has 2 heteroatoms. The molecule has 1 N–H and O–H groups in total. The van der Waals surface area contributed by atoms with Gasteiger partial charge in [-0.05, 0) is 60.6 Å². The summed E-state index contributed by atoms with van der Waals surface area (Å²) in [4.78, 5) is 0. The van der Waals surface area contributed by atoms with Gasteiger partial charge in [0.15, 0.2) is 0 Å². The first kappa shape index (κ1) is 25.1. The third kappa shape index (κ3) is 7.85. The van der Waals surface area contributed by atoms with E-state index < -0.39 is 5.60 Å². The van der Waals surface area contributed by atoms with Crippen LogP contribution in [0.15, 0.2) is 24.3 Å². The summed E-state index contributed by atoms with van der Waals surface area (Å²) in [5, 5.41) is 11.7. The first-order valence-corrected chi connectivity index (χ1v) is 11.7. The van der Waals surface area contributed by atoms with E-state index in [0.29, 0.717) is 11.8 Å². The predicted molar refractivity (Wildman–Crippen MR) is 120 cm³/mol. The molecule has 2 atom stereocenters. The molecule has 0 fully saturated rings. The topological polar surface area (TPSA) is 20.2 Å². The molecule has 0 saturated carbocycles. The highest BCUT2D eigenvalue weighted by molar-refractivity contribution is 5.16. The maximum Gasteiger partial charge on any atom is 0.123 e. The fraction of sp³-hybridized carbons (Fsp3) is 0.769. The number of halogens is 1. The van der Waals surface area contributed by atoms with Crippen LogP contribution >= 0.6 is 0 Å². The number of hydrogen-bond donors (Lipinski definition) is 1. The van der Waals surface area contributed by atoms with Crippen molar-refractivity contribution in [3.05, 3.63) is 35.6 Å². The lowest BCUT2D eigenvalue weighted by Crippen LogP contribution is -2.48. The highest BCUT2D eigenvalue weighted by Gasteiger charge is 2.42. The molecule has 0 aliphatic rings. The molecular weight excluding hydrogens is 347 g/mol. The Bertz CT molecular complexity index is 529. The van der Waals surface area contributed by atoms with E-state index in [2.05, 4.69) is 41.5 Å². The molecule has 0 saturated heterocycles. The second kappa shape index (κ2) is 12.6. The molecule has 0 aliphatic carbocycles. The Labute approximate surface area is 174 Å². The maximum absolute atomic E-state index is 13.5. The van der Waals surface area contributed by atoms with Gasteiger partial charge >= 0.3 is 0 Å². The van der Waals surface area contributed by atoms with E-state index in [0.717, 1.165) is 24.8 Å². The molecule has 162 valence electrons. The summed E-state index contributed by atoms with van der Waals surface area (Å²) in [5.41, 5.74) is 0.419. The first-order chi connectivity index (χ1) is 13.2. The monoisotopic (exact) mass is 392 g/mol. The average Bonchev–Trinajstić information content (AvgIpc) is 2.62. The Morgan fingerprint density at radius 2 is 1.54 bits per heavy atom. The number of rotatable bonds is 14. The smallest absolute Gasteiger partial charge is 0.123 e. The fourth-order valence-corrected chi connectivity index (χ4v) is 4.95. The highest BCUT2D eigenvalue weighted by atomic mass is 19.1. The van der Waals surface area contributed by atoms with E-state index in [1.54, 1.807) is 12.1 Å². The molecule has 0 amide bonds. The Kier molecular flexibility index (Phi) is 11.3. The molecule has 0 spiro atoms. The summed E-state index contributed by atoms with van der Waals surface area (Å²) in [6.07, 6.45) is 10.7. The molecule has 2 unspecified atom stereocenters. The summed E-state index contributed by atoms with van der Waals surface area (Å²) < 4.78 is 13.5. The summed E-state index contributed by atoms with van der Waals surface area (Å²) in [5.74, 6) is 1.03. The molecule has 1 rings (SSSR count). The van der Waals surface area contributed by atoms with Gasteiger partial charge in [-0.25, -0.2) is 4.39 Å². The minimum Gasteiger partial charge on any atom is -0.389 e. The summed E-state index contributed by atoms with van der Waals surface area (Å²) in [7, 11) is 0. The van der Waals surface area contributed by atoms with Crippen molar-refractivity contribution in [2.45, 2.75) is 105 Å². The Morgan fingerprint density at radius 3 is 2.11 bits per heavy atom. The fourth-order valence-electron chi connectivity index (χ4n) is 4.95. The largest absolute Gasteiger partial charge is 0.389 e. The van der Waals surface area contributed by atoms with Gasteiger partial charge in [-0.2, -0.15) is 0 Å². The van der Waals surface area contributed by atoms with Gasteiger partial charge in [0.25, 0.3) is 0 Å². The molecule has 0 bridgehead atoms. The summed E-state index contributed by atoms with van der Waals surface area (Å²) in [6, 6.07) is 6.96. The Hall–Kier alpha value is -0.890. The van der Waals surface area contributed by atoms with Gasteiger partial charge in [0.2, 0.25) is 0 Å². The minimum absolute atomic E-state index is 0.158. The van der Waals surface area contributed by atoms with E-state index >= 15 is 0 Å². The van der Waals surface area contributed by atoms with Crippen molar-refractivity contribution in [1.29, 1.82) is 0 Å². The summed E-state index contributed by atoms with van der Waals surface area (Å²) in [6.45, 7) is 13.1. The van der Waals surface area contributed by atoms with Gasteiger partial charge in [-0.1, -0.05) is 92.2 Å². The molecule has 28 heavy (non-hydrogen) atoms. The standard InChI is InChI=1S/C26H45FO/c1-7-8-9-10-11-12-15-24(26(28,20(2)3)21(4)5)18-22(6)17-23-14-13-16-25(27)19-23/h13-14,16,19-22,24,28H,7-12,15,17-18H2,1-6H3. The quantitative estimate of drug-likeness (QED) is 0.320. The van der Waals surface area contributed by atoms with Gasteiger partial charge in [-0.15, -0.1) is 0 Å². The van der Waals surface area contributed by atoms with E-state index in [4.69, 9.17) is 0 Å². The van der Waals surface area contributed by atoms with Gasteiger partial charge in [0.05, 0.1) is 5.60 Å². The SMILES string of the molecule is CCCCCCCCC(CC(C)Cc1cccc(F)c1)C(O)(C(C)C)C(C)C. The normalized spacial score (nSPS) is 14.6. The molecular formula is C26H45FO. The van der Waals surface area contributed by atoms with E-state index in [-0.39, 0.29) is 17.7 Å². The van der Waals surface area contributed by atoms with E-state index in [9.17, 15) is 9.50 Å². The van der Waals surface area contributed by atoms with Crippen LogP contribution < -0.4 is 0 Å². The van der Waals surface area contributed by atoms with Crippen LogP contribution in [0.25, 0.3) is 0 Å². The van der Waals surface area contributed by atoms with Crippen LogP contribution in [0.3, 0.4) is 0 Å². The lowest BCUT2D eigenvalue weighted by Gasteiger charge is -2.44. The van der Waals surface area contributed by atoms with Crippen molar-refractivity contribution in [1.82, 2.24) is 0 Å². The van der Waals surface area contributed by atoms with Crippen LogP contribution in [0.5, 0.6) is 0 Å². The van der Waals surface area contributed by atoms with Crippen molar-refractivity contribution in [2.24, 2.45) is 23.7 Å². The van der Waals surface area contributed by atoms with Crippen molar-refractivity contribution >= 4 is 0 Å². The molecule has 0 aliphatic heterocycles. The molecule has 0 heterocycles. The second-order valence-corrected chi connectivity index (χ2v) is 9.62. The van der Waals surface area contributed by atoms with Gasteiger partial charge in [0, 0.05) is 0 Å². The van der Waals surface area contributed by atoms with Crippen LogP contribution in [0, 0.1) is 29.5 Å². The number of unbranched alkanes of at least 4 members (excludes halogenated alkanes) is 5. The van der Waals surface area contributed by atoms with Crippen molar-refractivity contribution in [3.63, 3.8) is 0 Å². The molecule has 1 aromatic rings. The van der Waals surface area contributed by atoms with E-state index in [1.165, 1.54) is 44.6 Å². The predicted octanol–water partition coefficient (Wildman–Crippen LogP) is 7.80. The number of hydrogen-bond acceptors (Lipinski definition) is 1. The molecule has 0 radical (unpaired) electrons. The van der Waals surface area contributed by atoms with Crippen LogP contribution in [-0.2, 0) is 6.42 Å². The van der Waals surface area contributed by atoms with Crippen LogP contribution in [0.1, 0.15) is 98.5 Å². The maximum atomic E-state index is 13.5. The molecule has 1 nitrogen and oxygen atoms in total. The highest BCUT2D eigenvalue weighted by Crippen LogP contribution is 2.40. The van der Waals surface area contributed by atoms with Gasteiger partial charge in [-0.3, -0.25) is 0 Å². The number of benzene rings is 1. The minimum atomic E-state index is -0.639. The van der Waals surface area contributed by atoms with Crippen LogP contribution in [-0.4, -0.2) is 10.7 Å². The number of aliphatic hydroxyl groups is 1. The van der Waals surface area contributed by atoms with Crippen molar-refractivity contribution in [3.8, 4) is 0 Å². The lowest BCUT2D eigenvalue weighted by molar-refractivity contribution is -0.105. The van der Waals surface area contributed by atoms with Gasteiger partial charge < -0.3 is 5.11 Å². The average molecular weight is 393 g/mol. The second-order valence-electron chi connectivity index (χ2n) is 9.62. The molecule has 1 aromatic carbocycles. The van der Waals surface area contributed by atoms with Crippen LogP contribution in [0.2, 0.25) is 0 Å². The lowest BCUT2D eigenvalue weighted by atomic mass is 9.66. The first-order valence-electron chi connectivity index (χ1n) is 11.7. The molecule has 0 aromatic heterocycles. The van der Waals surface area contributed by atoms with Crippen molar-refractivity contribution < 1.29 is 9.50 Å².